The van der Waals surface area contributed by atoms with Gasteiger partial charge in [-0.15, -0.1) is 5.10 Å². The second kappa shape index (κ2) is 4.40. The molecule has 1 fully saturated rings. The van der Waals surface area contributed by atoms with Gasteiger partial charge in [0.25, 0.3) is 0 Å². The van der Waals surface area contributed by atoms with Gasteiger partial charge in [-0.25, -0.2) is 4.98 Å². The van der Waals surface area contributed by atoms with Crippen LogP contribution in [0, 0.1) is 0 Å². The lowest BCUT2D eigenvalue weighted by atomic mass is 10.0. The first-order valence-corrected chi connectivity index (χ1v) is 7.08. The Kier molecular flexibility index (Phi) is 2.55. The van der Waals surface area contributed by atoms with Crippen molar-refractivity contribution in [2.75, 3.05) is 11.4 Å². The van der Waals surface area contributed by atoms with Gasteiger partial charge in [0.15, 0.2) is 5.82 Å². The van der Waals surface area contributed by atoms with Crippen LogP contribution in [0.1, 0.15) is 26.2 Å². The molecular formula is C14H16N6. The van der Waals surface area contributed by atoms with Gasteiger partial charge in [0, 0.05) is 12.6 Å². The summed E-state index contributed by atoms with van der Waals surface area (Å²) in [5.74, 6) is 0.904. The SMILES string of the molecule is CC1CCCCN1c1nc2ccccc2n2nnnc12. The number of tetrazole rings is 1. The summed E-state index contributed by atoms with van der Waals surface area (Å²) < 4.78 is 1.79. The zero-order valence-electron chi connectivity index (χ0n) is 11.4. The third kappa shape index (κ3) is 1.64. The van der Waals surface area contributed by atoms with E-state index in [0.717, 1.165) is 29.0 Å². The summed E-state index contributed by atoms with van der Waals surface area (Å²) in [5, 5.41) is 12.1. The molecule has 3 heterocycles. The van der Waals surface area contributed by atoms with Gasteiger partial charge in [-0.05, 0) is 48.7 Å². The van der Waals surface area contributed by atoms with Crippen LogP contribution in [0.3, 0.4) is 0 Å². The van der Waals surface area contributed by atoms with Crippen molar-refractivity contribution in [2.45, 2.75) is 32.2 Å². The summed E-state index contributed by atoms with van der Waals surface area (Å²) in [4.78, 5) is 7.15. The fraction of sp³-hybridized carbons (Fsp3) is 0.429. The maximum absolute atomic E-state index is 4.81. The molecule has 3 aromatic rings. The van der Waals surface area contributed by atoms with Gasteiger partial charge < -0.3 is 4.90 Å². The van der Waals surface area contributed by atoms with Crippen LogP contribution in [0.4, 0.5) is 5.82 Å². The van der Waals surface area contributed by atoms with Crippen LogP contribution < -0.4 is 4.90 Å². The van der Waals surface area contributed by atoms with Gasteiger partial charge in [0.2, 0.25) is 5.65 Å². The molecule has 0 N–H and O–H groups in total. The first kappa shape index (κ1) is 11.6. The smallest absolute Gasteiger partial charge is 0.222 e. The number of rotatable bonds is 1. The highest BCUT2D eigenvalue weighted by Crippen LogP contribution is 2.27. The Morgan fingerprint density at radius 1 is 1.20 bits per heavy atom. The van der Waals surface area contributed by atoms with Crippen LogP contribution in [0.5, 0.6) is 0 Å². The van der Waals surface area contributed by atoms with Crippen molar-refractivity contribution in [1.82, 2.24) is 25.0 Å². The van der Waals surface area contributed by atoms with Crippen LogP contribution in [-0.2, 0) is 0 Å². The van der Waals surface area contributed by atoms with Gasteiger partial charge in [-0.1, -0.05) is 12.1 Å². The molecule has 102 valence electrons. The second-order valence-electron chi connectivity index (χ2n) is 5.38. The standard InChI is InChI=1S/C14H16N6/c1-10-6-4-5-9-19(10)13-14-16-17-18-20(14)12-8-3-2-7-11(12)15-13/h2-3,7-8,10H,4-6,9H2,1H3. The highest BCUT2D eigenvalue weighted by molar-refractivity contribution is 5.82. The lowest BCUT2D eigenvalue weighted by Crippen LogP contribution is -2.38. The molecular weight excluding hydrogens is 252 g/mol. The number of aromatic nitrogens is 5. The molecule has 0 radical (unpaired) electrons. The number of fused-ring (bicyclic) bond motifs is 3. The normalized spacial score (nSPS) is 19.9. The summed E-state index contributed by atoms with van der Waals surface area (Å²) in [6, 6.07) is 8.46. The molecule has 0 saturated carbocycles. The third-order valence-corrected chi connectivity index (χ3v) is 4.08. The van der Waals surface area contributed by atoms with Crippen LogP contribution >= 0.6 is 0 Å². The first-order chi connectivity index (χ1) is 9.84. The van der Waals surface area contributed by atoms with Crippen molar-refractivity contribution in [3.05, 3.63) is 24.3 Å². The maximum atomic E-state index is 4.81. The van der Waals surface area contributed by atoms with E-state index in [1.54, 1.807) is 4.52 Å². The van der Waals surface area contributed by atoms with Crippen molar-refractivity contribution >= 4 is 22.5 Å². The minimum Gasteiger partial charge on any atom is -0.351 e. The molecule has 2 aromatic heterocycles. The predicted molar refractivity (Wildman–Crippen MR) is 76.7 cm³/mol. The van der Waals surface area contributed by atoms with Crippen molar-refractivity contribution in [2.24, 2.45) is 0 Å². The number of piperidine rings is 1. The topological polar surface area (TPSA) is 59.2 Å². The van der Waals surface area contributed by atoms with Crippen LogP contribution in [-0.4, -0.2) is 37.6 Å². The third-order valence-electron chi connectivity index (χ3n) is 4.08. The number of hydrogen-bond acceptors (Lipinski definition) is 5. The molecule has 4 rings (SSSR count). The molecule has 1 saturated heterocycles. The minimum atomic E-state index is 0.484. The number of nitrogens with zero attached hydrogens (tertiary/aromatic N) is 6. The highest BCUT2D eigenvalue weighted by atomic mass is 15.5. The number of para-hydroxylation sites is 2. The Morgan fingerprint density at radius 2 is 2.10 bits per heavy atom. The Morgan fingerprint density at radius 3 is 3.00 bits per heavy atom. The van der Waals surface area contributed by atoms with E-state index in [2.05, 4.69) is 27.3 Å². The zero-order chi connectivity index (χ0) is 13.5. The predicted octanol–water partition coefficient (Wildman–Crippen LogP) is 2.05. The quantitative estimate of drug-likeness (QED) is 0.676. The largest absolute Gasteiger partial charge is 0.351 e. The Hall–Kier alpha value is -2.24. The monoisotopic (exact) mass is 268 g/mol. The van der Waals surface area contributed by atoms with Gasteiger partial charge >= 0.3 is 0 Å². The first-order valence-electron chi connectivity index (χ1n) is 7.08. The van der Waals surface area contributed by atoms with Crippen LogP contribution in [0.2, 0.25) is 0 Å². The van der Waals surface area contributed by atoms with Crippen molar-refractivity contribution in [3.8, 4) is 0 Å². The number of hydrogen-bond donors (Lipinski definition) is 0. The molecule has 20 heavy (non-hydrogen) atoms. The molecule has 1 unspecified atom stereocenters. The average molecular weight is 268 g/mol. The molecule has 0 spiro atoms. The molecule has 1 aromatic carbocycles. The average Bonchev–Trinajstić information content (AvgIpc) is 2.97. The van der Waals surface area contributed by atoms with E-state index < -0.39 is 0 Å². The van der Waals surface area contributed by atoms with Gasteiger partial charge in [0.1, 0.15) is 0 Å². The van der Waals surface area contributed by atoms with E-state index in [9.17, 15) is 0 Å². The van der Waals surface area contributed by atoms with Gasteiger partial charge in [0.05, 0.1) is 11.0 Å². The van der Waals surface area contributed by atoms with E-state index in [0.29, 0.717) is 6.04 Å². The summed E-state index contributed by atoms with van der Waals surface area (Å²) in [6.45, 7) is 3.27. The minimum absolute atomic E-state index is 0.484. The highest BCUT2D eigenvalue weighted by Gasteiger charge is 2.24. The fourth-order valence-electron chi connectivity index (χ4n) is 3.00. The van der Waals surface area contributed by atoms with E-state index in [-0.39, 0.29) is 0 Å². The molecule has 0 bridgehead atoms. The van der Waals surface area contributed by atoms with E-state index >= 15 is 0 Å². The van der Waals surface area contributed by atoms with E-state index in [4.69, 9.17) is 4.98 Å². The van der Waals surface area contributed by atoms with E-state index in [1.807, 2.05) is 24.3 Å². The molecule has 0 aliphatic carbocycles. The van der Waals surface area contributed by atoms with Crippen molar-refractivity contribution in [3.63, 3.8) is 0 Å². The molecule has 6 heteroatoms. The number of anilines is 1. The molecule has 1 atom stereocenters. The Labute approximate surface area is 116 Å². The Bertz CT molecular complexity index is 765. The summed E-state index contributed by atoms with van der Waals surface area (Å²) in [6.07, 6.45) is 3.68. The molecule has 1 aliphatic heterocycles. The lowest BCUT2D eigenvalue weighted by Gasteiger charge is -2.34. The van der Waals surface area contributed by atoms with Crippen molar-refractivity contribution in [1.29, 1.82) is 0 Å². The summed E-state index contributed by atoms with van der Waals surface area (Å²) >= 11 is 0. The Balaban J connectivity index is 1.99. The van der Waals surface area contributed by atoms with Crippen LogP contribution in [0.15, 0.2) is 24.3 Å². The molecule has 1 aliphatic rings. The van der Waals surface area contributed by atoms with Gasteiger partial charge in [-0.3, -0.25) is 0 Å². The summed E-state index contributed by atoms with van der Waals surface area (Å²) in [5.41, 5.74) is 2.62. The van der Waals surface area contributed by atoms with Gasteiger partial charge in [-0.2, -0.15) is 4.52 Å². The summed E-state index contributed by atoms with van der Waals surface area (Å²) in [7, 11) is 0. The van der Waals surface area contributed by atoms with Crippen molar-refractivity contribution < 1.29 is 0 Å². The van der Waals surface area contributed by atoms with E-state index in [1.165, 1.54) is 19.3 Å². The van der Waals surface area contributed by atoms with Crippen LogP contribution in [0.25, 0.3) is 16.7 Å². The molecule has 6 nitrogen and oxygen atoms in total. The number of benzene rings is 1. The fourth-order valence-corrected chi connectivity index (χ4v) is 3.00. The maximum Gasteiger partial charge on any atom is 0.222 e. The molecule has 0 amide bonds. The second-order valence-corrected chi connectivity index (χ2v) is 5.38. The zero-order valence-corrected chi connectivity index (χ0v) is 11.4. The lowest BCUT2D eigenvalue weighted by molar-refractivity contribution is 0.482.